The first-order chi connectivity index (χ1) is 9.59. The van der Waals surface area contributed by atoms with Gasteiger partial charge in [-0.3, -0.25) is 0 Å². The number of rotatable bonds is 7. The van der Waals surface area contributed by atoms with E-state index >= 15 is 0 Å². The van der Waals surface area contributed by atoms with Gasteiger partial charge in [0.15, 0.2) is 0 Å². The second-order valence-corrected chi connectivity index (χ2v) is 5.57. The lowest BCUT2D eigenvalue weighted by Gasteiger charge is -2.34. The van der Waals surface area contributed by atoms with Gasteiger partial charge in [0.05, 0.1) is 6.26 Å². The number of fused-ring (bicyclic) bond motifs is 1. The van der Waals surface area contributed by atoms with Crippen LogP contribution in [0, 0.1) is 0 Å². The lowest BCUT2D eigenvalue weighted by molar-refractivity contribution is 0.0118. The Kier molecular flexibility index (Phi) is 4.84. The highest BCUT2D eigenvalue weighted by Crippen LogP contribution is 2.30. The van der Waals surface area contributed by atoms with Gasteiger partial charge in [0.1, 0.15) is 11.2 Å². The molecule has 0 fully saturated rings. The topological polar surface area (TPSA) is 45.4 Å². The molecule has 0 amide bonds. The summed E-state index contributed by atoms with van der Waals surface area (Å²) in [6.45, 7) is 6.99. The molecule has 20 heavy (non-hydrogen) atoms. The molecule has 0 aliphatic rings. The van der Waals surface area contributed by atoms with Crippen molar-refractivity contribution < 1.29 is 9.52 Å². The summed E-state index contributed by atoms with van der Waals surface area (Å²) in [7, 11) is 0. The van der Waals surface area contributed by atoms with E-state index in [0.717, 1.165) is 42.3 Å². The van der Waals surface area contributed by atoms with E-state index in [0.29, 0.717) is 0 Å². The molecule has 0 aliphatic heterocycles. The second kappa shape index (κ2) is 6.42. The maximum Gasteiger partial charge on any atom is 0.134 e. The van der Waals surface area contributed by atoms with Crippen LogP contribution >= 0.6 is 0 Å². The van der Waals surface area contributed by atoms with Gasteiger partial charge in [0, 0.05) is 11.4 Å². The first-order valence-electron chi connectivity index (χ1n) is 7.53. The zero-order valence-electron chi connectivity index (χ0n) is 12.6. The second-order valence-electron chi connectivity index (χ2n) is 5.57. The van der Waals surface area contributed by atoms with Gasteiger partial charge in [-0.2, -0.15) is 0 Å². The molecule has 2 unspecified atom stereocenters. The summed E-state index contributed by atoms with van der Waals surface area (Å²) in [6.07, 6.45) is 4.89. The minimum Gasteiger partial charge on any atom is -0.464 e. The average Bonchev–Trinajstić information content (AvgIpc) is 2.90. The van der Waals surface area contributed by atoms with Crippen LogP contribution in [0.2, 0.25) is 0 Å². The average molecular weight is 275 g/mol. The summed E-state index contributed by atoms with van der Waals surface area (Å²) in [6, 6.07) is 7.94. The van der Waals surface area contributed by atoms with Gasteiger partial charge >= 0.3 is 0 Å². The smallest absolute Gasteiger partial charge is 0.134 e. The molecular formula is C17H25NO2. The molecule has 3 nitrogen and oxygen atoms in total. The van der Waals surface area contributed by atoms with Crippen molar-refractivity contribution in [2.75, 3.05) is 6.54 Å². The van der Waals surface area contributed by atoms with Crippen LogP contribution in [-0.2, 0) is 5.60 Å². The normalized spacial score (nSPS) is 16.2. The van der Waals surface area contributed by atoms with E-state index in [2.05, 4.69) is 19.2 Å². The van der Waals surface area contributed by atoms with Crippen LogP contribution in [0.15, 0.2) is 34.9 Å². The van der Waals surface area contributed by atoms with Crippen molar-refractivity contribution in [3.8, 4) is 0 Å². The fourth-order valence-electron chi connectivity index (χ4n) is 2.71. The van der Waals surface area contributed by atoms with Crippen LogP contribution in [0.1, 0.15) is 45.6 Å². The summed E-state index contributed by atoms with van der Waals surface area (Å²) < 4.78 is 5.44. The highest BCUT2D eigenvalue weighted by molar-refractivity contribution is 5.77. The molecule has 0 spiro atoms. The molecule has 1 aromatic heterocycles. The van der Waals surface area contributed by atoms with Crippen LogP contribution in [0.25, 0.3) is 11.0 Å². The Morgan fingerprint density at radius 2 is 2.10 bits per heavy atom. The highest BCUT2D eigenvalue weighted by atomic mass is 16.3. The summed E-state index contributed by atoms with van der Waals surface area (Å²) in [5, 5.41) is 15.5. The summed E-state index contributed by atoms with van der Waals surface area (Å²) >= 11 is 0. The molecule has 0 saturated heterocycles. The number of nitrogens with one attached hydrogen (secondary N) is 1. The molecule has 2 rings (SSSR count). The van der Waals surface area contributed by atoms with Gasteiger partial charge in [0.2, 0.25) is 0 Å². The molecule has 1 aromatic carbocycles. The predicted octanol–water partition coefficient (Wildman–Crippen LogP) is 3.81. The zero-order valence-corrected chi connectivity index (χ0v) is 12.6. The number of furan rings is 1. The third-order valence-electron chi connectivity index (χ3n) is 4.02. The maximum absolute atomic E-state index is 11.0. The van der Waals surface area contributed by atoms with Gasteiger partial charge in [-0.05, 0) is 37.6 Å². The zero-order chi connectivity index (χ0) is 14.6. The lowest BCUT2D eigenvalue weighted by Crippen LogP contribution is -2.46. The van der Waals surface area contributed by atoms with Crippen molar-refractivity contribution in [1.82, 2.24) is 5.32 Å². The van der Waals surface area contributed by atoms with Gasteiger partial charge in [-0.1, -0.05) is 38.8 Å². The van der Waals surface area contributed by atoms with Crippen LogP contribution in [0.5, 0.6) is 0 Å². The van der Waals surface area contributed by atoms with Crippen molar-refractivity contribution in [1.29, 1.82) is 0 Å². The Morgan fingerprint density at radius 1 is 1.30 bits per heavy atom. The van der Waals surface area contributed by atoms with Crippen LogP contribution in [0.3, 0.4) is 0 Å². The Labute approximate surface area is 121 Å². The SMILES string of the molecule is CCCCC(NCC)C(C)(O)c1ccc2ccoc2c1. The number of benzene rings is 1. The number of hydrogen-bond acceptors (Lipinski definition) is 3. The van der Waals surface area contributed by atoms with Crippen molar-refractivity contribution >= 4 is 11.0 Å². The minimum absolute atomic E-state index is 0.0554. The number of hydrogen-bond donors (Lipinski definition) is 2. The largest absolute Gasteiger partial charge is 0.464 e. The van der Waals surface area contributed by atoms with Crippen LogP contribution < -0.4 is 5.32 Å². The fraction of sp³-hybridized carbons (Fsp3) is 0.529. The van der Waals surface area contributed by atoms with Crippen LogP contribution in [-0.4, -0.2) is 17.7 Å². The third-order valence-corrected chi connectivity index (χ3v) is 4.02. The van der Waals surface area contributed by atoms with Gasteiger partial charge in [0.25, 0.3) is 0 Å². The van der Waals surface area contributed by atoms with Crippen LogP contribution in [0.4, 0.5) is 0 Å². The molecule has 2 N–H and O–H groups in total. The van der Waals surface area contributed by atoms with Crippen molar-refractivity contribution in [3.63, 3.8) is 0 Å². The van der Waals surface area contributed by atoms with E-state index in [9.17, 15) is 5.11 Å². The summed E-state index contributed by atoms with van der Waals surface area (Å²) in [4.78, 5) is 0. The molecule has 0 radical (unpaired) electrons. The lowest BCUT2D eigenvalue weighted by atomic mass is 9.85. The van der Waals surface area contributed by atoms with Crippen molar-refractivity contribution in [2.24, 2.45) is 0 Å². The van der Waals surface area contributed by atoms with Crippen molar-refractivity contribution in [3.05, 3.63) is 36.1 Å². The molecule has 0 saturated carbocycles. The molecular weight excluding hydrogens is 250 g/mol. The molecule has 2 aromatic rings. The molecule has 1 heterocycles. The first kappa shape index (κ1) is 15.1. The Hall–Kier alpha value is -1.32. The number of unbranched alkanes of at least 4 members (excludes halogenated alkanes) is 1. The first-order valence-corrected chi connectivity index (χ1v) is 7.53. The van der Waals surface area contributed by atoms with Gasteiger partial charge in [-0.25, -0.2) is 0 Å². The van der Waals surface area contributed by atoms with E-state index < -0.39 is 5.60 Å². The van der Waals surface area contributed by atoms with E-state index in [1.165, 1.54) is 0 Å². The monoisotopic (exact) mass is 275 g/mol. The fourth-order valence-corrected chi connectivity index (χ4v) is 2.71. The molecule has 0 aliphatic carbocycles. The maximum atomic E-state index is 11.0. The van der Waals surface area contributed by atoms with E-state index in [-0.39, 0.29) is 6.04 Å². The highest BCUT2D eigenvalue weighted by Gasteiger charge is 2.33. The Balaban J connectivity index is 2.28. The van der Waals surface area contributed by atoms with Crippen molar-refractivity contribution in [2.45, 2.75) is 51.7 Å². The standard InChI is InChI=1S/C17H25NO2/c1-4-6-7-16(18-5-2)17(3,19)14-9-8-13-10-11-20-15(13)12-14/h8-12,16,18-19H,4-7H2,1-3H3. The van der Waals surface area contributed by atoms with E-state index in [1.54, 1.807) is 6.26 Å². The van der Waals surface area contributed by atoms with Gasteiger partial charge < -0.3 is 14.8 Å². The predicted molar refractivity (Wildman–Crippen MR) is 82.8 cm³/mol. The Morgan fingerprint density at radius 3 is 2.80 bits per heavy atom. The summed E-state index contributed by atoms with van der Waals surface area (Å²) in [5.41, 5.74) is 0.835. The number of aliphatic hydroxyl groups is 1. The minimum atomic E-state index is -0.897. The van der Waals surface area contributed by atoms with E-state index in [1.807, 2.05) is 31.2 Å². The summed E-state index contributed by atoms with van der Waals surface area (Å²) in [5.74, 6) is 0. The van der Waals surface area contributed by atoms with E-state index in [4.69, 9.17) is 4.42 Å². The Bertz CT molecular complexity index is 545. The van der Waals surface area contributed by atoms with Gasteiger partial charge in [-0.15, -0.1) is 0 Å². The third kappa shape index (κ3) is 3.05. The molecule has 110 valence electrons. The molecule has 2 atom stereocenters. The number of likely N-dealkylation sites (N-methyl/N-ethyl adjacent to an activating group) is 1. The quantitative estimate of drug-likeness (QED) is 0.807. The molecule has 0 bridgehead atoms. The molecule has 3 heteroatoms.